The number of benzene rings is 1. The number of fused-ring (bicyclic) bond motifs is 1. The van der Waals surface area contributed by atoms with Crippen molar-refractivity contribution in [1.29, 1.82) is 0 Å². The number of nitrogens with one attached hydrogen (secondary N) is 2. The fourth-order valence-electron chi connectivity index (χ4n) is 3.37. The Labute approximate surface area is 131 Å². The Bertz CT molecular complexity index is 692. The number of anilines is 1. The van der Waals surface area contributed by atoms with Gasteiger partial charge >= 0.3 is 0 Å². The van der Waals surface area contributed by atoms with Crippen LogP contribution >= 0.6 is 0 Å². The highest BCUT2D eigenvalue weighted by molar-refractivity contribution is 5.84. The summed E-state index contributed by atoms with van der Waals surface area (Å²) in [6, 6.07) is 8.44. The Morgan fingerprint density at radius 1 is 1.36 bits per heavy atom. The van der Waals surface area contributed by atoms with E-state index in [2.05, 4.69) is 35.1 Å². The lowest BCUT2D eigenvalue weighted by Gasteiger charge is -2.34. The van der Waals surface area contributed by atoms with Crippen LogP contribution in [0.2, 0.25) is 0 Å². The Kier molecular flexibility index (Phi) is 4.48. The first kappa shape index (κ1) is 15.1. The van der Waals surface area contributed by atoms with Crippen LogP contribution in [-0.4, -0.2) is 35.6 Å². The molecule has 2 heterocycles. The molecule has 2 aromatic rings. The minimum Gasteiger partial charge on any atom is -0.381 e. The molecule has 2 N–H and O–H groups in total. The molecule has 1 atom stereocenters. The molecule has 4 nitrogen and oxygen atoms in total. The van der Waals surface area contributed by atoms with Crippen LogP contribution in [0.3, 0.4) is 0 Å². The average Bonchev–Trinajstić information content (AvgIpc) is 2.47. The summed E-state index contributed by atoms with van der Waals surface area (Å²) in [6.45, 7) is 8.04. The van der Waals surface area contributed by atoms with Crippen LogP contribution in [-0.2, 0) is 0 Å². The van der Waals surface area contributed by atoms with E-state index in [4.69, 9.17) is 0 Å². The third kappa shape index (κ3) is 3.50. The molecule has 1 aromatic heterocycles. The molecule has 22 heavy (non-hydrogen) atoms. The third-order valence-corrected chi connectivity index (χ3v) is 4.27. The van der Waals surface area contributed by atoms with Crippen molar-refractivity contribution in [3.05, 3.63) is 40.8 Å². The number of likely N-dealkylation sites (tertiary alicyclic amines) is 1. The van der Waals surface area contributed by atoms with Gasteiger partial charge in [-0.1, -0.05) is 13.8 Å². The number of rotatable bonds is 4. The first-order valence-electron chi connectivity index (χ1n) is 8.22. The molecule has 1 fully saturated rings. The van der Waals surface area contributed by atoms with Gasteiger partial charge in [-0.15, -0.1) is 0 Å². The largest absolute Gasteiger partial charge is 0.381 e. The summed E-state index contributed by atoms with van der Waals surface area (Å²) < 4.78 is 0. The van der Waals surface area contributed by atoms with Crippen molar-refractivity contribution in [2.75, 3.05) is 25.0 Å². The number of hydrogen-bond acceptors (Lipinski definition) is 3. The van der Waals surface area contributed by atoms with Crippen LogP contribution in [0.25, 0.3) is 10.8 Å². The van der Waals surface area contributed by atoms with Gasteiger partial charge in [-0.2, -0.15) is 0 Å². The lowest BCUT2D eigenvalue weighted by molar-refractivity contribution is 0.195. The van der Waals surface area contributed by atoms with Crippen molar-refractivity contribution < 1.29 is 0 Å². The molecular weight excluding hydrogens is 274 g/mol. The third-order valence-electron chi connectivity index (χ3n) is 4.27. The molecule has 1 saturated heterocycles. The second-order valence-corrected chi connectivity index (χ2v) is 6.75. The van der Waals surface area contributed by atoms with Crippen LogP contribution in [0, 0.1) is 5.92 Å². The van der Waals surface area contributed by atoms with E-state index in [-0.39, 0.29) is 5.56 Å². The van der Waals surface area contributed by atoms with Crippen molar-refractivity contribution >= 4 is 16.5 Å². The van der Waals surface area contributed by atoms with Gasteiger partial charge in [-0.3, -0.25) is 4.79 Å². The smallest absolute Gasteiger partial charge is 0.255 e. The van der Waals surface area contributed by atoms with E-state index in [1.807, 2.05) is 18.2 Å². The van der Waals surface area contributed by atoms with Crippen LogP contribution in [0.4, 0.5) is 5.69 Å². The molecule has 1 aliphatic rings. The zero-order chi connectivity index (χ0) is 15.5. The molecule has 0 unspecified atom stereocenters. The zero-order valence-corrected chi connectivity index (χ0v) is 13.4. The second kappa shape index (κ2) is 6.53. The molecule has 0 saturated carbocycles. The molecule has 0 bridgehead atoms. The number of hydrogen-bond donors (Lipinski definition) is 2. The van der Waals surface area contributed by atoms with Gasteiger partial charge in [-0.25, -0.2) is 0 Å². The predicted octanol–water partition coefficient (Wildman–Crippen LogP) is 3.06. The van der Waals surface area contributed by atoms with Crippen molar-refractivity contribution in [1.82, 2.24) is 9.88 Å². The van der Waals surface area contributed by atoms with Crippen molar-refractivity contribution in [3.63, 3.8) is 0 Å². The number of aromatic amines is 1. The monoisotopic (exact) mass is 299 g/mol. The molecule has 0 aliphatic carbocycles. The maximum atomic E-state index is 11.7. The SMILES string of the molecule is CC(C)CN1CCC[C@@H](Nc2ccc3c(=O)[nH]ccc3c2)C1. The first-order chi connectivity index (χ1) is 10.6. The van der Waals surface area contributed by atoms with E-state index >= 15 is 0 Å². The number of aromatic nitrogens is 1. The summed E-state index contributed by atoms with van der Waals surface area (Å²) in [6.07, 6.45) is 4.17. The molecule has 3 rings (SSSR count). The van der Waals surface area contributed by atoms with E-state index < -0.39 is 0 Å². The van der Waals surface area contributed by atoms with Gasteiger partial charge in [-0.05, 0) is 55.0 Å². The molecule has 118 valence electrons. The Morgan fingerprint density at radius 2 is 2.23 bits per heavy atom. The summed E-state index contributed by atoms with van der Waals surface area (Å²) in [5, 5.41) is 5.38. The predicted molar refractivity (Wildman–Crippen MR) is 92.5 cm³/mol. The summed E-state index contributed by atoms with van der Waals surface area (Å²) in [5.74, 6) is 0.714. The first-order valence-corrected chi connectivity index (χ1v) is 8.22. The highest BCUT2D eigenvalue weighted by Gasteiger charge is 2.20. The molecule has 0 amide bonds. The lowest BCUT2D eigenvalue weighted by Crippen LogP contribution is -2.43. The lowest BCUT2D eigenvalue weighted by atomic mass is 10.0. The zero-order valence-electron chi connectivity index (χ0n) is 13.4. The van der Waals surface area contributed by atoms with E-state index in [9.17, 15) is 4.79 Å². The van der Waals surface area contributed by atoms with E-state index in [1.165, 1.54) is 25.9 Å². The maximum absolute atomic E-state index is 11.7. The van der Waals surface area contributed by atoms with Gasteiger partial charge in [0, 0.05) is 36.4 Å². The van der Waals surface area contributed by atoms with E-state index in [0.717, 1.165) is 23.0 Å². The molecule has 4 heteroatoms. The van der Waals surface area contributed by atoms with Gasteiger partial charge in [0.2, 0.25) is 0 Å². The fourth-order valence-corrected chi connectivity index (χ4v) is 3.37. The molecular formula is C18H25N3O. The number of nitrogens with zero attached hydrogens (tertiary/aromatic N) is 1. The van der Waals surface area contributed by atoms with Gasteiger partial charge in [0.25, 0.3) is 5.56 Å². The van der Waals surface area contributed by atoms with Crippen molar-refractivity contribution in [2.45, 2.75) is 32.7 Å². The van der Waals surface area contributed by atoms with Crippen molar-refractivity contribution in [2.24, 2.45) is 5.92 Å². The number of pyridine rings is 1. The van der Waals surface area contributed by atoms with Crippen LogP contribution in [0.5, 0.6) is 0 Å². The Hall–Kier alpha value is -1.81. The second-order valence-electron chi connectivity index (χ2n) is 6.75. The number of H-pyrrole nitrogens is 1. The molecule has 1 aliphatic heterocycles. The van der Waals surface area contributed by atoms with Crippen LogP contribution < -0.4 is 10.9 Å². The molecule has 0 radical (unpaired) electrons. The minimum absolute atomic E-state index is 0.0233. The van der Waals surface area contributed by atoms with Crippen LogP contribution in [0.15, 0.2) is 35.3 Å². The summed E-state index contributed by atoms with van der Waals surface area (Å²) >= 11 is 0. The Morgan fingerprint density at radius 3 is 3.05 bits per heavy atom. The molecule has 1 aromatic carbocycles. The quantitative estimate of drug-likeness (QED) is 0.912. The van der Waals surface area contributed by atoms with E-state index in [1.54, 1.807) is 6.20 Å². The minimum atomic E-state index is -0.0233. The van der Waals surface area contributed by atoms with Gasteiger partial charge in [0.1, 0.15) is 0 Å². The maximum Gasteiger partial charge on any atom is 0.255 e. The highest BCUT2D eigenvalue weighted by atomic mass is 16.1. The van der Waals surface area contributed by atoms with E-state index in [0.29, 0.717) is 12.0 Å². The fraction of sp³-hybridized carbons (Fsp3) is 0.500. The standard InChI is InChI=1S/C18H25N3O/c1-13(2)11-21-9-3-4-16(12-21)20-15-5-6-17-14(10-15)7-8-19-18(17)22/h5-8,10,13,16,20H,3-4,9,11-12H2,1-2H3,(H,19,22)/t16-/m1/s1. The van der Waals surface area contributed by atoms with Crippen molar-refractivity contribution in [3.8, 4) is 0 Å². The summed E-state index contributed by atoms with van der Waals surface area (Å²) in [4.78, 5) is 17.0. The Balaban J connectivity index is 1.71. The summed E-state index contributed by atoms with van der Waals surface area (Å²) in [5.41, 5.74) is 1.08. The van der Waals surface area contributed by atoms with Gasteiger partial charge in [0.05, 0.1) is 0 Å². The van der Waals surface area contributed by atoms with Gasteiger partial charge in [0.15, 0.2) is 0 Å². The van der Waals surface area contributed by atoms with Gasteiger partial charge < -0.3 is 15.2 Å². The number of piperidine rings is 1. The van der Waals surface area contributed by atoms with Crippen LogP contribution in [0.1, 0.15) is 26.7 Å². The normalized spacial score (nSPS) is 19.7. The molecule has 0 spiro atoms. The highest BCUT2D eigenvalue weighted by Crippen LogP contribution is 2.20. The topological polar surface area (TPSA) is 48.1 Å². The average molecular weight is 299 g/mol. The summed E-state index contributed by atoms with van der Waals surface area (Å²) in [7, 11) is 0.